The van der Waals surface area contributed by atoms with Gasteiger partial charge in [-0.15, -0.1) is 0 Å². The van der Waals surface area contributed by atoms with Gasteiger partial charge in [0.15, 0.2) is 0 Å². The van der Waals surface area contributed by atoms with Crippen molar-refractivity contribution in [3.63, 3.8) is 0 Å². The van der Waals surface area contributed by atoms with Gasteiger partial charge in [-0.25, -0.2) is 0 Å². The third-order valence-corrected chi connectivity index (χ3v) is 19.0. The summed E-state index contributed by atoms with van der Waals surface area (Å²) < 4.78 is 250. The number of amides is 3. The van der Waals surface area contributed by atoms with Gasteiger partial charge in [-0.1, -0.05) is 0 Å². The third kappa shape index (κ3) is 24.0. The predicted octanol–water partition coefficient (Wildman–Crippen LogP) is 6.25. The zero-order chi connectivity index (χ0) is 90.6. The summed E-state index contributed by atoms with van der Waals surface area (Å²) in [5.41, 5.74) is 10.0. The number of nitrogens with zero attached hydrogens (tertiary/aromatic N) is 21. The number of primary amides is 3. The molecule has 0 radical (unpaired) electrons. The fraction of sp³-hybridized carbons (Fsp3) is 0.238. The van der Waals surface area contributed by atoms with Crippen LogP contribution in [0.15, 0.2) is 142 Å². The molecule has 0 unspecified atom stereocenters. The summed E-state index contributed by atoms with van der Waals surface area (Å²) in [6, 6.07) is 22.6. The number of nitrogens with two attached hydrogens (primary N) is 3. The van der Waals surface area contributed by atoms with Crippen molar-refractivity contribution in [2.24, 2.45) is 17.2 Å². The number of carbonyl (C=O) groups excluding carboxylic acids is 3. The van der Waals surface area contributed by atoms with Gasteiger partial charge in [0, 0.05) is 0 Å². The Labute approximate surface area is 718 Å². The molecule has 0 saturated carbocycles. The summed E-state index contributed by atoms with van der Waals surface area (Å²) in [6.45, 7) is -4.15. The first kappa shape index (κ1) is 95.6. The van der Waals surface area contributed by atoms with E-state index >= 15 is 0 Å². The van der Waals surface area contributed by atoms with Crippen molar-refractivity contribution >= 4 is 125 Å². The monoisotopic (exact) mass is 1840 g/mol. The number of hydrogen-bond donors (Lipinski definition) is 3. The molecule has 122 heavy (non-hydrogen) atoms. The van der Waals surface area contributed by atoms with E-state index in [1.54, 1.807) is 0 Å². The van der Waals surface area contributed by atoms with Crippen LogP contribution in [0.25, 0.3) is 51.6 Å². The van der Waals surface area contributed by atoms with Crippen molar-refractivity contribution in [2.75, 3.05) is 0 Å². The summed E-state index contributed by atoms with van der Waals surface area (Å²) >= 11 is 19.6. The van der Waals surface area contributed by atoms with E-state index in [1.807, 2.05) is 0 Å². The molecule has 12 rings (SSSR count). The molecule has 34 nitrogen and oxygen atoms in total. The molecule has 0 aliphatic carbocycles. The first-order chi connectivity index (χ1) is 56.5. The molecule has 0 aliphatic rings. The first-order valence-corrected chi connectivity index (χ1v) is 38.1. The van der Waals surface area contributed by atoms with Crippen molar-refractivity contribution in [3.8, 4) is 51.6 Å². The van der Waals surface area contributed by atoms with E-state index < -0.39 is 183 Å². The first-order valence-electron chi connectivity index (χ1n) is 33.1. The Balaban J connectivity index is 0.000000202. The molecule has 0 aliphatic heterocycles. The van der Waals surface area contributed by atoms with E-state index in [0.717, 1.165) is 64.5 Å². The van der Waals surface area contributed by atoms with E-state index in [-0.39, 0.29) is 51.6 Å². The number of carbonyl (C=O) groups is 3. The van der Waals surface area contributed by atoms with Crippen LogP contribution in [-0.2, 0) is 62.4 Å². The summed E-state index contributed by atoms with van der Waals surface area (Å²) in [6.07, 6.45) is -25.3. The van der Waals surface area contributed by atoms with Crippen LogP contribution in [0.2, 0.25) is 27.2 Å². The zero-order valence-electron chi connectivity index (χ0n) is 60.3. The molecule has 632 valence electrons. The number of hydrogen-bond acceptors (Lipinski definition) is 22. The van der Waals surface area contributed by atoms with E-state index in [9.17, 15) is 108 Å². The molecule has 0 spiro atoms. The predicted molar refractivity (Wildman–Crippen MR) is 380 cm³/mol. The fourth-order valence-corrected chi connectivity index (χ4v) is 11.6. The van der Waals surface area contributed by atoms with Gasteiger partial charge in [-0.2, -0.15) is 47.3 Å². The number of benzene rings is 3. The number of aromatic nitrogens is 21. The molecule has 59 heteroatoms. The average Bonchev–Trinajstić information content (AvgIpc) is 1.64. The van der Waals surface area contributed by atoms with E-state index in [2.05, 4.69) is 60.5 Å². The number of rotatable bonds is 21. The molecule has 3 amide bonds. The third-order valence-electron chi connectivity index (χ3n) is 16.0. The maximum atomic E-state index is 13.5. The maximum absolute atomic E-state index is 13.5. The van der Waals surface area contributed by atoms with E-state index in [1.165, 1.54) is 72.8 Å². The van der Waals surface area contributed by atoms with Gasteiger partial charge in [-0.05, 0) is 18.2 Å². The second-order valence-electron chi connectivity index (χ2n) is 24.8. The molecule has 3 atom stereocenters. The van der Waals surface area contributed by atoms with Crippen molar-refractivity contribution in [3.05, 3.63) is 226 Å². The molecule has 0 fully saturated rings. The molecule has 3 aromatic carbocycles. The number of pyridine rings is 3. The standard InChI is InChI=1S/3C21H14ClF6N8O2.3Mg.H3O4P/c3*22-12-5-3-11(4-6-12)16-33-35(19(38)34(16)9-7-20(23,24)25)10-14-31-18(15(29)37)36(32-14)17-13(21(26,27)28)2-1-8-30-17;;;;1-5(2,3)4/h3*1-8H,9-10H2,(H2,29,37);;;;(H3,1,2,3,4)/q;;;3*+1;/p-3. The van der Waals surface area contributed by atoms with Gasteiger partial charge >= 0.3 is 639 Å². The van der Waals surface area contributed by atoms with Crippen molar-refractivity contribution in [1.29, 1.82) is 0 Å². The Morgan fingerprint density at radius 1 is 0.385 bits per heavy atom. The second kappa shape index (κ2) is 37.9. The molecule has 9 aromatic heterocycles. The number of halogens is 21. The van der Waals surface area contributed by atoms with Crippen LogP contribution in [0.3, 0.4) is 0 Å². The summed E-state index contributed by atoms with van der Waals surface area (Å²) in [5.74, 6) is -9.76. The SMILES string of the molecule is NC(=O)c1nc(Cn2nc(-c3ccc(Cl)cc3)n(C[C@H]([Mg+])C(F)(F)F)c2=O)nn1-c1ncccc1C(F)(F)F.NC(=O)c1nc(Cn2nc(-c3ccc(Cl)cc3)n(C[C@H]([Mg+])C(F)(F)F)c2=O)nn1-c1ncccc1C(F)(F)F.NC(=O)c1nc(Cn2nc(-c3ccc(Cl)cc3)n(C[C@H]([Mg+])C(F)(F)F)c2=O)nn1-c1ncccc1C(F)(F)F.O=P([O-])([O-])[O-]. The van der Waals surface area contributed by atoms with E-state index in [0.29, 0.717) is 112 Å². The van der Waals surface area contributed by atoms with Crippen LogP contribution in [0.4, 0.5) is 79.0 Å². The molecular weight excluding hydrogens is 1810 g/mol. The Morgan fingerprint density at radius 3 is 0.787 bits per heavy atom. The van der Waals surface area contributed by atoms with Gasteiger partial charge in [0.25, 0.3) is 0 Å². The van der Waals surface area contributed by atoms with Gasteiger partial charge in [-0.3, -0.25) is 0 Å². The smallest absolute Gasteiger partial charge is 0.822 e. The van der Waals surface area contributed by atoms with Gasteiger partial charge in [0.1, 0.15) is 0 Å². The van der Waals surface area contributed by atoms with Crippen LogP contribution in [0.1, 0.15) is 66.0 Å². The second-order valence-corrected chi connectivity index (χ2v) is 30.0. The summed E-state index contributed by atoms with van der Waals surface area (Å²) in [5, 5.41) is 25.0. The van der Waals surface area contributed by atoms with Crippen molar-refractivity contribution in [2.45, 2.75) is 88.5 Å². The van der Waals surface area contributed by atoms with E-state index in [4.69, 9.17) is 71.2 Å². The zero-order valence-corrected chi connectivity index (χ0v) is 67.7. The van der Waals surface area contributed by atoms with Crippen LogP contribution in [0.5, 0.6) is 0 Å². The molecule has 12 aromatic rings. The number of alkyl halides is 18. The minimum absolute atomic E-state index is 0.129. The molecule has 0 saturated heterocycles. The quantitative estimate of drug-likeness (QED) is 0.0406. The molecule has 0 bridgehead atoms. The van der Waals surface area contributed by atoms with Crippen molar-refractivity contribution < 1.29 is 113 Å². The Morgan fingerprint density at radius 2 is 0.598 bits per heavy atom. The Bertz CT molecular complexity index is 5500. The minimum atomic E-state index is -5.39. The van der Waals surface area contributed by atoms with Crippen LogP contribution in [-0.4, -0.2) is 204 Å². The molecule has 9 heterocycles. The topological polar surface area (TPSA) is 466 Å². The summed E-state index contributed by atoms with van der Waals surface area (Å²) in [7, 11) is -5.39. The van der Waals surface area contributed by atoms with Crippen LogP contribution in [0, 0.1) is 0 Å². The number of phosphoric acid groups is 1. The average molecular weight is 1850 g/mol. The van der Waals surface area contributed by atoms with Gasteiger partial charge in [0.05, 0.1) is 0 Å². The van der Waals surface area contributed by atoms with Gasteiger partial charge < -0.3 is 19.2 Å². The minimum Gasteiger partial charge on any atom is -0.822 e. The Hall–Kier alpha value is -10.2. The van der Waals surface area contributed by atoms with Crippen LogP contribution >= 0.6 is 42.6 Å². The fourth-order valence-electron chi connectivity index (χ4n) is 10.5. The van der Waals surface area contributed by atoms with Crippen molar-refractivity contribution in [1.82, 2.24) is 102 Å². The molecular formula is C63H42Cl3F18Mg3N24O10P. The Kier molecular flexibility index (Phi) is 29.7. The van der Waals surface area contributed by atoms with Gasteiger partial charge in [0.2, 0.25) is 0 Å². The summed E-state index contributed by atoms with van der Waals surface area (Å²) in [4.78, 5) is 123. The van der Waals surface area contributed by atoms with Crippen LogP contribution < -0.4 is 49.0 Å². The molecule has 6 N–H and O–H groups in total. The normalized spacial score (nSPS) is 13.0.